The minimum absolute atomic E-state index is 0.0344. The van der Waals surface area contributed by atoms with Gasteiger partial charge in [-0.15, -0.1) is 6.58 Å². The SMILES string of the molecule is C=CCC[C@@H](NC(=O)c1ccc(C(F)(F)F)cc1)C(=O)O. The fourth-order valence-electron chi connectivity index (χ4n) is 1.59. The summed E-state index contributed by atoms with van der Waals surface area (Å²) >= 11 is 0. The van der Waals surface area contributed by atoms with Crippen molar-refractivity contribution in [2.45, 2.75) is 25.1 Å². The number of nitrogens with one attached hydrogen (secondary N) is 1. The molecular weight excluding hydrogens is 287 g/mol. The van der Waals surface area contributed by atoms with Crippen LogP contribution in [0.3, 0.4) is 0 Å². The molecule has 0 bridgehead atoms. The summed E-state index contributed by atoms with van der Waals surface area (Å²) in [6, 6.07) is 2.44. The van der Waals surface area contributed by atoms with Crippen LogP contribution in [-0.2, 0) is 11.0 Å². The fraction of sp³-hybridized carbons (Fsp3) is 0.286. The molecule has 2 N–H and O–H groups in total. The normalized spacial score (nSPS) is 12.5. The lowest BCUT2D eigenvalue weighted by Gasteiger charge is -2.14. The van der Waals surface area contributed by atoms with E-state index in [0.29, 0.717) is 6.42 Å². The van der Waals surface area contributed by atoms with Gasteiger partial charge in [0.15, 0.2) is 0 Å². The number of amides is 1. The number of rotatable bonds is 6. The number of aliphatic carboxylic acids is 1. The Labute approximate surface area is 119 Å². The van der Waals surface area contributed by atoms with Crippen molar-refractivity contribution in [2.24, 2.45) is 0 Å². The number of carbonyl (C=O) groups excluding carboxylic acids is 1. The summed E-state index contributed by atoms with van der Waals surface area (Å²) in [7, 11) is 0. The molecule has 0 unspecified atom stereocenters. The quantitative estimate of drug-likeness (QED) is 0.794. The highest BCUT2D eigenvalue weighted by atomic mass is 19.4. The van der Waals surface area contributed by atoms with Gasteiger partial charge in [0.2, 0.25) is 0 Å². The molecule has 1 amide bonds. The van der Waals surface area contributed by atoms with Gasteiger partial charge < -0.3 is 10.4 Å². The van der Waals surface area contributed by atoms with Crippen molar-refractivity contribution >= 4 is 11.9 Å². The highest BCUT2D eigenvalue weighted by Crippen LogP contribution is 2.29. The molecule has 1 rings (SSSR count). The summed E-state index contributed by atoms with van der Waals surface area (Å²) in [6.07, 6.45) is -2.42. The second-order valence-corrected chi connectivity index (χ2v) is 4.31. The molecule has 0 aliphatic rings. The van der Waals surface area contributed by atoms with E-state index in [4.69, 9.17) is 5.11 Å². The number of hydrogen-bond acceptors (Lipinski definition) is 2. The van der Waals surface area contributed by atoms with E-state index >= 15 is 0 Å². The number of carboxylic acids is 1. The van der Waals surface area contributed by atoms with Gasteiger partial charge in [-0.25, -0.2) is 4.79 Å². The van der Waals surface area contributed by atoms with Crippen LogP contribution >= 0.6 is 0 Å². The van der Waals surface area contributed by atoms with E-state index in [2.05, 4.69) is 11.9 Å². The van der Waals surface area contributed by atoms with Crippen LogP contribution in [0.25, 0.3) is 0 Å². The van der Waals surface area contributed by atoms with Gasteiger partial charge in [-0.05, 0) is 37.1 Å². The fourth-order valence-corrected chi connectivity index (χ4v) is 1.59. The maximum absolute atomic E-state index is 12.4. The zero-order chi connectivity index (χ0) is 16.0. The molecule has 0 fully saturated rings. The van der Waals surface area contributed by atoms with E-state index in [0.717, 1.165) is 24.3 Å². The molecule has 0 aliphatic carbocycles. The number of benzene rings is 1. The molecule has 0 spiro atoms. The summed E-state index contributed by atoms with van der Waals surface area (Å²) < 4.78 is 37.2. The molecule has 0 radical (unpaired) electrons. The molecule has 0 heterocycles. The predicted molar refractivity (Wildman–Crippen MR) is 69.8 cm³/mol. The van der Waals surface area contributed by atoms with Gasteiger partial charge >= 0.3 is 12.1 Å². The maximum Gasteiger partial charge on any atom is 0.416 e. The average molecular weight is 301 g/mol. The van der Waals surface area contributed by atoms with Crippen LogP contribution in [0.5, 0.6) is 0 Å². The standard InChI is InChI=1S/C14H14F3NO3/c1-2-3-4-11(13(20)21)18-12(19)9-5-7-10(8-6-9)14(15,16)17/h2,5-8,11H,1,3-4H2,(H,18,19)(H,20,21)/t11-/m1/s1. The lowest BCUT2D eigenvalue weighted by molar-refractivity contribution is -0.139. The predicted octanol–water partition coefficient (Wildman–Crippen LogP) is 2.85. The van der Waals surface area contributed by atoms with E-state index in [9.17, 15) is 22.8 Å². The Kier molecular flexibility index (Phi) is 5.52. The molecule has 0 aliphatic heterocycles. The van der Waals surface area contributed by atoms with Gasteiger partial charge in [-0.1, -0.05) is 6.08 Å². The second kappa shape index (κ2) is 6.92. The summed E-state index contributed by atoms with van der Waals surface area (Å²) in [5.74, 6) is -1.95. The first kappa shape index (κ1) is 16.7. The van der Waals surface area contributed by atoms with Crippen LogP contribution in [-0.4, -0.2) is 23.0 Å². The topological polar surface area (TPSA) is 66.4 Å². The zero-order valence-corrected chi connectivity index (χ0v) is 11.0. The van der Waals surface area contributed by atoms with Crippen molar-refractivity contribution < 1.29 is 27.9 Å². The lowest BCUT2D eigenvalue weighted by atomic mass is 10.1. The van der Waals surface area contributed by atoms with Gasteiger partial charge in [0.25, 0.3) is 5.91 Å². The van der Waals surface area contributed by atoms with E-state index in [1.54, 1.807) is 0 Å². The molecule has 0 saturated heterocycles. The minimum Gasteiger partial charge on any atom is -0.480 e. The third-order valence-corrected chi connectivity index (χ3v) is 2.74. The van der Waals surface area contributed by atoms with Crippen LogP contribution in [0.1, 0.15) is 28.8 Å². The number of halogens is 3. The van der Waals surface area contributed by atoms with Gasteiger partial charge in [0.05, 0.1) is 5.56 Å². The summed E-state index contributed by atoms with van der Waals surface area (Å²) in [6.45, 7) is 3.45. The maximum atomic E-state index is 12.4. The van der Waals surface area contributed by atoms with Crippen molar-refractivity contribution in [1.82, 2.24) is 5.32 Å². The Morgan fingerprint density at radius 1 is 1.29 bits per heavy atom. The molecule has 1 aromatic carbocycles. The molecule has 1 atom stereocenters. The Morgan fingerprint density at radius 3 is 2.29 bits per heavy atom. The molecule has 7 heteroatoms. The molecule has 1 aromatic rings. The van der Waals surface area contributed by atoms with Gasteiger partial charge in [0.1, 0.15) is 6.04 Å². The van der Waals surface area contributed by atoms with Crippen LogP contribution < -0.4 is 5.32 Å². The lowest BCUT2D eigenvalue weighted by Crippen LogP contribution is -2.40. The smallest absolute Gasteiger partial charge is 0.416 e. The first-order valence-corrected chi connectivity index (χ1v) is 6.07. The Bertz CT molecular complexity index is 523. The highest BCUT2D eigenvalue weighted by Gasteiger charge is 2.30. The third-order valence-electron chi connectivity index (χ3n) is 2.74. The summed E-state index contributed by atoms with van der Waals surface area (Å²) in [5, 5.41) is 11.2. The molecule has 114 valence electrons. The first-order chi connectivity index (χ1) is 9.75. The van der Waals surface area contributed by atoms with E-state index in [1.807, 2.05) is 0 Å². The van der Waals surface area contributed by atoms with Crippen molar-refractivity contribution in [3.8, 4) is 0 Å². The number of alkyl halides is 3. The molecule has 21 heavy (non-hydrogen) atoms. The van der Waals surface area contributed by atoms with Gasteiger partial charge in [-0.2, -0.15) is 13.2 Å². The minimum atomic E-state index is -4.48. The Balaban J connectivity index is 2.78. The van der Waals surface area contributed by atoms with Crippen molar-refractivity contribution in [1.29, 1.82) is 0 Å². The van der Waals surface area contributed by atoms with E-state index in [1.165, 1.54) is 6.08 Å². The number of carbonyl (C=O) groups is 2. The largest absolute Gasteiger partial charge is 0.480 e. The van der Waals surface area contributed by atoms with Crippen molar-refractivity contribution in [2.75, 3.05) is 0 Å². The van der Waals surface area contributed by atoms with Crippen LogP contribution in [0.4, 0.5) is 13.2 Å². The van der Waals surface area contributed by atoms with Gasteiger partial charge in [0, 0.05) is 5.56 Å². The van der Waals surface area contributed by atoms with Gasteiger partial charge in [-0.3, -0.25) is 4.79 Å². The highest BCUT2D eigenvalue weighted by molar-refractivity contribution is 5.96. The van der Waals surface area contributed by atoms with E-state index in [-0.39, 0.29) is 12.0 Å². The average Bonchev–Trinajstić information content (AvgIpc) is 2.42. The van der Waals surface area contributed by atoms with Crippen LogP contribution in [0, 0.1) is 0 Å². The first-order valence-electron chi connectivity index (χ1n) is 6.07. The zero-order valence-electron chi connectivity index (χ0n) is 11.0. The van der Waals surface area contributed by atoms with Crippen molar-refractivity contribution in [3.05, 3.63) is 48.0 Å². The number of carboxylic acid groups (broad SMARTS) is 1. The Hall–Kier alpha value is -2.31. The van der Waals surface area contributed by atoms with Crippen molar-refractivity contribution in [3.63, 3.8) is 0 Å². The molecular formula is C14H14F3NO3. The second-order valence-electron chi connectivity index (χ2n) is 4.31. The third kappa shape index (κ3) is 4.94. The Morgan fingerprint density at radius 2 is 1.86 bits per heavy atom. The summed E-state index contributed by atoms with van der Waals surface area (Å²) in [5.41, 5.74) is -0.909. The number of allylic oxidation sites excluding steroid dienone is 1. The number of hydrogen-bond donors (Lipinski definition) is 2. The summed E-state index contributed by atoms with van der Waals surface area (Å²) in [4.78, 5) is 22.8. The van der Waals surface area contributed by atoms with Crippen LogP contribution in [0.2, 0.25) is 0 Å². The molecule has 4 nitrogen and oxygen atoms in total. The van der Waals surface area contributed by atoms with Crippen LogP contribution in [0.15, 0.2) is 36.9 Å². The molecule has 0 saturated carbocycles. The van der Waals surface area contributed by atoms with E-state index < -0.39 is 29.7 Å². The monoisotopic (exact) mass is 301 g/mol. The molecule has 0 aromatic heterocycles.